The predicted molar refractivity (Wildman–Crippen MR) is 139 cm³/mol. The zero-order valence-corrected chi connectivity index (χ0v) is 21.5. The number of piperidine rings is 1. The number of hydrogen-bond acceptors (Lipinski definition) is 5. The third-order valence-electron chi connectivity index (χ3n) is 7.96. The van der Waals surface area contributed by atoms with E-state index < -0.39 is 6.04 Å². The van der Waals surface area contributed by atoms with Crippen LogP contribution in [0.5, 0.6) is 0 Å². The van der Waals surface area contributed by atoms with Gasteiger partial charge in [0.2, 0.25) is 5.91 Å². The molecule has 3 atom stereocenters. The van der Waals surface area contributed by atoms with Crippen LogP contribution in [0.1, 0.15) is 55.4 Å². The van der Waals surface area contributed by atoms with E-state index in [1.807, 2.05) is 41.9 Å². The van der Waals surface area contributed by atoms with Crippen LogP contribution < -0.4 is 10.6 Å². The fourth-order valence-electron chi connectivity index (χ4n) is 5.79. The molecular formula is C28H39N5O3. The largest absolute Gasteiger partial charge is 0.383 e. The summed E-state index contributed by atoms with van der Waals surface area (Å²) < 4.78 is 7.07. The van der Waals surface area contributed by atoms with Crippen molar-refractivity contribution in [1.82, 2.24) is 20.1 Å². The maximum atomic E-state index is 13.3. The molecule has 4 rings (SSSR count). The van der Waals surface area contributed by atoms with Crippen LogP contribution in [0.3, 0.4) is 0 Å². The minimum absolute atomic E-state index is 0.110. The first kappa shape index (κ1) is 26.2. The van der Waals surface area contributed by atoms with Gasteiger partial charge in [0.25, 0.3) is 5.91 Å². The van der Waals surface area contributed by atoms with E-state index in [4.69, 9.17) is 4.74 Å². The van der Waals surface area contributed by atoms with Crippen molar-refractivity contribution in [3.05, 3.63) is 36.0 Å². The lowest BCUT2D eigenvalue weighted by Gasteiger charge is -2.34. The summed E-state index contributed by atoms with van der Waals surface area (Å²) in [5, 5.41) is 16.9. The summed E-state index contributed by atoms with van der Waals surface area (Å²) in [4.78, 5) is 28.8. The molecule has 2 heterocycles. The van der Waals surface area contributed by atoms with Gasteiger partial charge < -0.3 is 24.8 Å². The highest BCUT2D eigenvalue weighted by molar-refractivity contribution is 5.99. The number of para-hydroxylation sites is 1. The number of amides is 2. The van der Waals surface area contributed by atoms with Crippen molar-refractivity contribution in [1.29, 1.82) is 5.26 Å². The number of rotatable bonds is 9. The number of aromatic nitrogens is 1. The summed E-state index contributed by atoms with van der Waals surface area (Å²) in [6.07, 6.45) is 6.17. The van der Waals surface area contributed by atoms with Crippen molar-refractivity contribution in [3.63, 3.8) is 0 Å². The summed E-state index contributed by atoms with van der Waals surface area (Å²) in [5.41, 5.74) is 1.59. The van der Waals surface area contributed by atoms with Gasteiger partial charge in [0.05, 0.1) is 18.6 Å². The van der Waals surface area contributed by atoms with Crippen LogP contribution in [0.2, 0.25) is 0 Å². The Morgan fingerprint density at radius 3 is 2.64 bits per heavy atom. The van der Waals surface area contributed by atoms with Gasteiger partial charge >= 0.3 is 0 Å². The van der Waals surface area contributed by atoms with E-state index >= 15 is 0 Å². The van der Waals surface area contributed by atoms with Gasteiger partial charge in [0.15, 0.2) is 0 Å². The Hall–Kier alpha value is -2.89. The van der Waals surface area contributed by atoms with Crippen LogP contribution in [-0.2, 0) is 16.6 Å². The molecule has 0 bridgehead atoms. The standard InChI is InChI=1S/C28H39N5O3/c1-32-25-10-6-3-7-21(25)18-26(32)28(35)31-24-9-5-4-8-23(24)27(34)30-22(19-29)17-20-11-13-33(14-12-20)15-16-36-2/h3,6-7,10,18,20,22-24H,4-5,8-9,11-17H2,1-2H3,(H,30,34)(H,31,35)/t22?,23-,24+/m1/s1. The fourth-order valence-corrected chi connectivity index (χ4v) is 5.79. The number of carbonyl (C=O) groups excluding carboxylic acids is 2. The molecule has 1 unspecified atom stereocenters. The second-order valence-electron chi connectivity index (χ2n) is 10.3. The lowest BCUT2D eigenvalue weighted by molar-refractivity contribution is -0.127. The monoisotopic (exact) mass is 493 g/mol. The van der Waals surface area contributed by atoms with Crippen LogP contribution in [0.15, 0.2) is 30.3 Å². The number of nitrogens with one attached hydrogen (secondary N) is 2. The number of benzene rings is 1. The molecule has 0 radical (unpaired) electrons. The third-order valence-corrected chi connectivity index (χ3v) is 7.96. The number of ether oxygens (including phenoxy) is 1. The Bertz CT molecular complexity index is 1080. The molecule has 2 N–H and O–H groups in total. The smallest absolute Gasteiger partial charge is 0.268 e. The molecule has 2 amide bonds. The molecule has 8 heteroatoms. The van der Waals surface area contributed by atoms with Gasteiger partial charge in [-0.25, -0.2) is 0 Å². The number of nitrogens with zero attached hydrogens (tertiary/aromatic N) is 3. The lowest BCUT2D eigenvalue weighted by Crippen LogP contribution is -2.50. The summed E-state index contributed by atoms with van der Waals surface area (Å²) in [5.74, 6) is -0.150. The second-order valence-corrected chi connectivity index (χ2v) is 10.3. The van der Waals surface area contributed by atoms with E-state index in [1.54, 1.807) is 7.11 Å². The van der Waals surface area contributed by atoms with E-state index in [-0.39, 0.29) is 23.8 Å². The Morgan fingerprint density at radius 2 is 1.92 bits per heavy atom. The van der Waals surface area contributed by atoms with Gasteiger partial charge in [0, 0.05) is 37.6 Å². The molecule has 2 aromatic rings. The summed E-state index contributed by atoms with van der Waals surface area (Å²) in [6, 6.07) is 11.4. The fraction of sp³-hybridized carbons (Fsp3) is 0.607. The molecular weight excluding hydrogens is 454 g/mol. The highest BCUT2D eigenvalue weighted by Crippen LogP contribution is 2.27. The Morgan fingerprint density at radius 1 is 1.17 bits per heavy atom. The molecule has 0 spiro atoms. The summed E-state index contributed by atoms with van der Waals surface area (Å²) in [7, 11) is 3.61. The SMILES string of the molecule is COCCN1CCC(CC(C#N)NC(=O)[C@@H]2CCCC[C@@H]2NC(=O)c2cc3ccccc3n2C)CC1. The number of carbonyl (C=O) groups is 2. The Kier molecular flexibility index (Phi) is 9.00. The van der Waals surface area contributed by atoms with E-state index in [0.717, 1.165) is 75.7 Å². The molecule has 194 valence electrons. The van der Waals surface area contributed by atoms with Gasteiger partial charge in [-0.3, -0.25) is 9.59 Å². The number of likely N-dealkylation sites (tertiary alicyclic amines) is 1. The third kappa shape index (κ3) is 6.26. The average Bonchev–Trinajstić information content (AvgIpc) is 3.24. The molecule has 2 aliphatic rings. The molecule has 1 aromatic carbocycles. The van der Waals surface area contributed by atoms with Crippen molar-refractivity contribution in [2.24, 2.45) is 18.9 Å². The Balaban J connectivity index is 1.33. The van der Waals surface area contributed by atoms with Gasteiger partial charge in [-0.15, -0.1) is 0 Å². The van der Waals surface area contributed by atoms with Crippen LogP contribution in [0, 0.1) is 23.2 Å². The van der Waals surface area contributed by atoms with Crippen LogP contribution in [0.4, 0.5) is 0 Å². The van der Waals surface area contributed by atoms with E-state index in [2.05, 4.69) is 21.6 Å². The molecule has 1 aromatic heterocycles. The van der Waals surface area contributed by atoms with Gasteiger partial charge in [-0.2, -0.15) is 5.26 Å². The molecule has 1 saturated heterocycles. The van der Waals surface area contributed by atoms with Gasteiger partial charge in [-0.1, -0.05) is 31.0 Å². The zero-order valence-electron chi connectivity index (χ0n) is 21.5. The van der Waals surface area contributed by atoms with E-state index in [1.165, 1.54) is 0 Å². The zero-order chi connectivity index (χ0) is 25.5. The maximum absolute atomic E-state index is 13.3. The van der Waals surface area contributed by atoms with Crippen molar-refractivity contribution in [2.45, 2.75) is 57.0 Å². The average molecular weight is 494 g/mol. The number of methoxy groups -OCH3 is 1. The number of hydrogen-bond donors (Lipinski definition) is 2. The number of fused-ring (bicyclic) bond motifs is 1. The molecule has 1 saturated carbocycles. The summed E-state index contributed by atoms with van der Waals surface area (Å²) in [6.45, 7) is 3.69. The van der Waals surface area contributed by atoms with Crippen molar-refractivity contribution in [3.8, 4) is 6.07 Å². The number of aryl methyl sites for hydroxylation is 1. The van der Waals surface area contributed by atoms with Gasteiger partial charge in [-0.05, 0) is 63.2 Å². The highest BCUT2D eigenvalue weighted by atomic mass is 16.5. The van der Waals surface area contributed by atoms with Gasteiger partial charge in [0.1, 0.15) is 11.7 Å². The van der Waals surface area contributed by atoms with Crippen molar-refractivity contribution < 1.29 is 14.3 Å². The molecule has 8 nitrogen and oxygen atoms in total. The topological polar surface area (TPSA) is 99.4 Å². The maximum Gasteiger partial charge on any atom is 0.268 e. The first-order valence-electron chi connectivity index (χ1n) is 13.3. The highest BCUT2D eigenvalue weighted by Gasteiger charge is 2.34. The predicted octanol–water partition coefficient (Wildman–Crippen LogP) is 3.22. The second kappa shape index (κ2) is 12.4. The number of nitriles is 1. The van der Waals surface area contributed by atoms with Crippen LogP contribution in [0.25, 0.3) is 10.9 Å². The van der Waals surface area contributed by atoms with Crippen LogP contribution >= 0.6 is 0 Å². The van der Waals surface area contributed by atoms with E-state index in [9.17, 15) is 14.9 Å². The first-order valence-corrected chi connectivity index (χ1v) is 13.3. The Labute approximate surface area is 214 Å². The minimum Gasteiger partial charge on any atom is -0.383 e. The molecule has 36 heavy (non-hydrogen) atoms. The van der Waals surface area contributed by atoms with Crippen molar-refractivity contribution >= 4 is 22.7 Å². The molecule has 2 fully saturated rings. The lowest BCUT2D eigenvalue weighted by atomic mass is 9.83. The quantitative estimate of drug-likeness (QED) is 0.559. The van der Waals surface area contributed by atoms with Crippen molar-refractivity contribution in [2.75, 3.05) is 33.4 Å². The summed E-state index contributed by atoms with van der Waals surface area (Å²) >= 11 is 0. The minimum atomic E-state index is -0.496. The van der Waals surface area contributed by atoms with E-state index in [0.29, 0.717) is 18.0 Å². The molecule has 1 aliphatic heterocycles. The first-order chi connectivity index (χ1) is 17.5. The van der Waals surface area contributed by atoms with Crippen LogP contribution in [-0.4, -0.2) is 66.7 Å². The molecule has 1 aliphatic carbocycles. The normalized spacial score (nSPS) is 22.1.